The zero-order valence-corrected chi connectivity index (χ0v) is 7.75. The predicted molar refractivity (Wildman–Crippen MR) is 47.4 cm³/mol. The molecule has 1 N–H and O–H groups in total. The van der Waals surface area contributed by atoms with Crippen LogP contribution < -0.4 is 0 Å². The first-order chi connectivity index (χ1) is 4.74. The first-order valence-corrected chi connectivity index (χ1v) is 3.40. The van der Waals surface area contributed by atoms with Gasteiger partial charge in [0.2, 0.25) is 0 Å². The van der Waals surface area contributed by atoms with Gasteiger partial charge in [0.05, 0.1) is 22.3 Å². The highest BCUT2D eigenvalue weighted by Crippen LogP contribution is 2.17. The van der Waals surface area contributed by atoms with E-state index in [0.717, 1.165) is 0 Å². The summed E-state index contributed by atoms with van der Waals surface area (Å²) in [6.45, 7) is -0.157. The van der Waals surface area contributed by atoms with Crippen LogP contribution in [0.15, 0.2) is 12.3 Å². The maximum atomic E-state index is 8.62. The minimum Gasteiger partial charge on any atom is -0.390 e. The van der Waals surface area contributed by atoms with E-state index in [1.165, 1.54) is 6.20 Å². The topological polar surface area (TPSA) is 33.1 Å². The molecule has 0 fully saturated rings. The minimum absolute atomic E-state index is 0. The van der Waals surface area contributed by atoms with E-state index >= 15 is 0 Å². The number of rotatable bonds is 1. The molecule has 11 heavy (non-hydrogen) atoms. The summed E-state index contributed by atoms with van der Waals surface area (Å²) in [5.74, 6) is 0. The summed E-state index contributed by atoms with van der Waals surface area (Å²) in [4.78, 5) is 3.78. The quantitative estimate of drug-likeness (QED) is 0.778. The van der Waals surface area contributed by atoms with Crippen molar-refractivity contribution in [3.63, 3.8) is 0 Å². The lowest BCUT2D eigenvalue weighted by atomic mass is 10.4. The second kappa shape index (κ2) is 4.78. The van der Waals surface area contributed by atoms with Gasteiger partial charge in [-0.05, 0) is 6.07 Å². The summed E-state index contributed by atoms with van der Waals surface area (Å²) < 4.78 is 0. The van der Waals surface area contributed by atoms with E-state index in [4.69, 9.17) is 28.3 Å². The molecule has 5 heteroatoms. The fourth-order valence-corrected chi connectivity index (χ4v) is 0.999. The third-order valence-corrected chi connectivity index (χ3v) is 1.57. The van der Waals surface area contributed by atoms with Gasteiger partial charge in [-0.3, -0.25) is 4.98 Å². The summed E-state index contributed by atoms with van der Waals surface area (Å²) in [5.41, 5.74) is 0.450. The van der Waals surface area contributed by atoms with Gasteiger partial charge >= 0.3 is 0 Å². The molecule has 1 heterocycles. The Bertz CT molecular complexity index is 241. The van der Waals surface area contributed by atoms with Crippen molar-refractivity contribution in [1.82, 2.24) is 4.98 Å². The summed E-state index contributed by atoms with van der Waals surface area (Å²) >= 11 is 11.2. The monoisotopic (exact) mass is 213 g/mol. The smallest absolute Gasteiger partial charge is 0.0868 e. The molecule has 0 aliphatic rings. The Morgan fingerprint density at radius 2 is 2.09 bits per heavy atom. The van der Waals surface area contributed by atoms with Gasteiger partial charge in [0.25, 0.3) is 0 Å². The zero-order chi connectivity index (χ0) is 7.56. The zero-order valence-electron chi connectivity index (χ0n) is 5.42. The van der Waals surface area contributed by atoms with Gasteiger partial charge in [0.1, 0.15) is 0 Å². The molecule has 0 saturated carbocycles. The summed E-state index contributed by atoms with van der Waals surface area (Å²) in [5, 5.41) is 9.49. The molecule has 0 spiro atoms. The average Bonchev–Trinajstić information content (AvgIpc) is 1.88. The lowest BCUT2D eigenvalue weighted by molar-refractivity contribution is 0.277. The lowest BCUT2D eigenvalue weighted by Gasteiger charge is -1.97. The van der Waals surface area contributed by atoms with E-state index < -0.39 is 0 Å². The van der Waals surface area contributed by atoms with Gasteiger partial charge in [0, 0.05) is 6.20 Å². The molecule has 0 amide bonds. The van der Waals surface area contributed by atoms with Crippen molar-refractivity contribution in [2.24, 2.45) is 0 Å². The van der Waals surface area contributed by atoms with Crippen LogP contribution in [-0.2, 0) is 6.61 Å². The predicted octanol–water partition coefficient (Wildman–Crippen LogP) is 2.30. The van der Waals surface area contributed by atoms with E-state index in [9.17, 15) is 0 Å². The fourth-order valence-electron chi connectivity index (χ4n) is 0.559. The van der Waals surface area contributed by atoms with E-state index in [1.54, 1.807) is 6.07 Å². The molecule has 1 aromatic rings. The van der Waals surface area contributed by atoms with Gasteiger partial charge in [-0.15, -0.1) is 12.4 Å². The van der Waals surface area contributed by atoms with Crippen molar-refractivity contribution in [2.45, 2.75) is 6.61 Å². The normalized spacial score (nSPS) is 9.00. The second-order valence-electron chi connectivity index (χ2n) is 1.74. The minimum atomic E-state index is -0.157. The highest BCUT2D eigenvalue weighted by molar-refractivity contribution is 6.34. The first kappa shape index (κ1) is 11.0. The van der Waals surface area contributed by atoms with E-state index in [0.29, 0.717) is 15.7 Å². The van der Waals surface area contributed by atoms with Crippen LogP contribution in [-0.4, -0.2) is 10.1 Å². The van der Waals surface area contributed by atoms with Gasteiger partial charge in [0.15, 0.2) is 0 Å². The molecule has 2 nitrogen and oxygen atoms in total. The molecule has 0 aliphatic carbocycles. The number of hydrogen-bond donors (Lipinski definition) is 1. The Labute approximate surface area is 80.6 Å². The number of hydrogen-bond acceptors (Lipinski definition) is 2. The highest BCUT2D eigenvalue weighted by atomic mass is 35.5. The second-order valence-corrected chi connectivity index (χ2v) is 2.58. The van der Waals surface area contributed by atoms with Crippen molar-refractivity contribution in [2.75, 3.05) is 0 Å². The maximum absolute atomic E-state index is 8.62. The van der Waals surface area contributed by atoms with Crippen LogP contribution >= 0.6 is 35.6 Å². The number of halogens is 3. The Morgan fingerprint density at radius 3 is 2.55 bits per heavy atom. The number of aliphatic hydroxyl groups is 1. The fraction of sp³-hybridized carbons (Fsp3) is 0.167. The van der Waals surface area contributed by atoms with Crippen LogP contribution in [0.1, 0.15) is 5.69 Å². The molecular weight excluding hydrogens is 208 g/mol. The molecular formula is C6H6Cl3NO. The summed E-state index contributed by atoms with van der Waals surface area (Å²) in [6, 6.07) is 1.54. The maximum Gasteiger partial charge on any atom is 0.0868 e. The standard InChI is InChI=1S/C6H5Cl2NO.ClH/c7-4-1-5(8)6(3-10)9-2-4;/h1-2,10H,3H2;1H. The van der Waals surface area contributed by atoms with Crippen LogP contribution in [0, 0.1) is 0 Å². The lowest BCUT2D eigenvalue weighted by Crippen LogP contribution is -1.88. The van der Waals surface area contributed by atoms with Crippen molar-refractivity contribution < 1.29 is 5.11 Å². The van der Waals surface area contributed by atoms with Gasteiger partial charge in [-0.1, -0.05) is 23.2 Å². The van der Waals surface area contributed by atoms with Gasteiger partial charge in [-0.2, -0.15) is 0 Å². The Balaban J connectivity index is 0.000001000. The molecule has 0 aliphatic heterocycles. The molecule has 0 unspecified atom stereocenters. The largest absolute Gasteiger partial charge is 0.390 e. The third-order valence-electron chi connectivity index (χ3n) is 1.03. The van der Waals surface area contributed by atoms with Crippen LogP contribution in [0.2, 0.25) is 10.0 Å². The van der Waals surface area contributed by atoms with E-state index in [2.05, 4.69) is 4.98 Å². The SMILES string of the molecule is Cl.OCc1ncc(Cl)cc1Cl. The Hall–Kier alpha value is -0.0200. The molecule has 0 bridgehead atoms. The Kier molecular flexibility index (Phi) is 4.77. The van der Waals surface area contributed by atoms with Crippen LogP contribution in [0.25, 0.3) is 0 Å². The number of aliphatic hydroxyl groups excluding tert-OH is 1. The van der Waals surface area contributed by atoms with E-state index in [-0.39, 0.29) is 19.0 Å². The summed E-state index contributed by atoms with van der Waals surface area (Å²) in [7, 11) is 0. The van der Waals surface area contributed by atoms with Crippen LogP contribution in [0.4, 0.5) is 0 Å². The Morgan fingerprint density at radius 1 is 1.45 bits per heavy atom. The third kappa shape index (κ3) is 2.83. The number of aromatic nitrogens is 1. The molecule has 0 saturated heterocycles. The molecule has 1 rings (SSSR count). The number of nitrogens with zero attached hydrogens (tertiary/aromatic N) is 1. The van der Waals surface area contributed by atoms with Crippen molar-refractivity contribution in [3.8, 4) is 0 Å². The van der Waals surface area contributed by atoms with Crippen LogP contribution in [0.5, 0.6) is 0 Å². The van der Waals surface area contributed by atoms with Gasteiger partial charge in [-0.25, -0.2) is 0 Å². The van der Waals surface area contributed by atoms with E-state index in [1.807, 2.05) is 0 Å². The molecule has 62 valence electrons. The highest BCUT2D eigenvalue weighted by Gasteiger charge is 1.99. The van der Waals surface area contributed by atoms with Crippen LogP contribution in [0.3, 0.4) is 0 Å². The van der Waals surface area contributed by atoms with Crippen molar-refractivity contribution >= 4 is 35.6 Å². The van der Waals surface area contributed by atoms with Crippen molar-refractivity contribution in [3.05, 3.63) is 28.0 Å². The molecule has 0 radical (unpaired) electrons. The number of pyridine rings is 1. The van der Waals surface area contributed by atoms with Crippen molar-refractivity contribution in [1.29, 1.82) is 0 Å². The summed E-state index contributed by atoms with van der Waals surface area (Å²) in [6.07, 6.45) is 1.44. The van der Waals surface area contributed by atoms with Gasteiger partial charge < -0.3 is 5.11 Å². The average molecular weight is 214 g/mol. The molecule has 0 atom stereocenters. The first-order valence-electron chi connectivity index (χ1n) is 2.65. The molecule has 0 aromatic carbocycles. The molecule has 1 aromatic heterocycles.